The van der Waals surface area contributed by atoms with Gasteiger partial charge in [-0.2, -0.15) is 5.10 Å². The van der Waals surface area contributed by atoms with Crippen molar-refractivity contribution in [2.75, 3.05) is 0 Å². The van der Waals surface area contributed by atoms with E-state index in [-0.39, 0.29) is 5.69 Å². The Labute approximate surface area is 78.0 Å². The maximum Gasteiger partial charge on any atom is 0.347 e. The molecule has 0 fully saturated rings. The van der Waals surface area contributed by atoms with Crippen LogP contribution in [0.15, 0.2) is 29.5 Å². The van der Waals surface area contributed by atoms with Crippen molar-refractivity contribution in [1.29, 1.82) is 0 Å². The summed E-state index contributed by atoms with van der Waals surface area (Å²) in [5.41, 5.74) is 0.326. The van der Waals surface area contributed by atoms with E-state index in [9.17, 15) is 4.79 Å². The maximum absolute atomic E-state index is 11.1. The zero-order chi connectivity index (χ0) is 9.26. The molecular formula is C7H5ClN4O. The molecular weight excluding hydrogens is 192 g/mol. The first-order chi connectivity index (χ1) is 6.27. The van der Waals surface area contributed by atoms with Crippen molar-refractivity contribution < 1.29 is 0 Å². The topological polar surface area (TPSA) is 63.6 Å². The van der Waals surface area contributed by atoms with E-state index in [1.165, 1.54) is 17.1 Å². The molecule has 2 rings (SSSR count). The lowest BCUT2D eigenvalue weighted by molar-refractivity contribution is 0.973. The molecule has 0 bridgehead atoms. The van der Waals surface area contributed by atoms with Crippen LogP contribution in [0, 0.1) is 0 Å². The Kier molecular flexibility index (Phi) is 1.86. The van der Waals surface area contributed by atoms with E-state index < -0.39 is 0 Å². The Morgan fingerprint density at radius 1 is 1.46 bits per heavy atom. The van der Waals surface area contributed by atoms with E-state index >= 15 is 0 Å². The SMILES string of the molecule is O=c1[nH]ncn1-c1ccc(Cl)nc1. The van der Waals surface area contributed by atoms with E-state index in [0.29, 0.717) is 10.8 Å². The highest BCUT2D eigenvalue weighted by Gasteiger charge is 1.99. The van der Waals surface area contributed by atoms with Gasteiger partial charge in [0.1, 0.15) is 11.5 Å². The van der Waals surface area contributed by atoms with Gasteiger partial charge in [-0.05, 0) is 12.1 Å². The van der Waals surface area contributed by atoms with Crippen molar-refractivity contribution in [3.8, 4) is 5.69 Å². The van der Waals surface area contributed by atoms with E-state index in [1.54, 1.807) is 12.1 Å². The van der Waals surface area contributed by atoms with Crippen LogP contribution in [0.5, 0.6) is 0 Å². The second-order valence-electron chi connectivity index (χ2n) is 2.37. The Morgan fingerprint density at radius 2 is 2.31 bits per heavy atom. The molecule has 0 aromatic carbocycles. The fraction of sp³-hybridized carbons (Fsp3) is 0. The largest absolute Gasteiger partial charge is 0.347 e. The summed E-state index contributed by atoms with van der Waals surface area (Å²) in [6.45, 7) is 0. The van der Waals surface area contributed by atoms with Gasteiger partial charge in [-0.3, -0.25) is 0 Å². The van der Waals surface area contributed by atoms with Crippen LogP contribution in [0.1, 0.15) is 0 Å². The van der Waals surface area contributed by atoms with E-state index in [4.69, 9.17) is 11.6 Å². The first-order valence-corrected chi connectivity index (χ1v) is 3.89. The van der Waals surface area contributed by atoms with Gasteiger partial charge < -0.3 is 0 Å². The highest BCUT2D eigenvalue weighted by atomic mass is 35.5. The second kappa shape index (κ2) is 3.02. The zero-order valence-electron chi connectivity index (χ0n) is 6.44. The molecule has 5 nitrogen and oxygen atoms in total. The molecule has 0 atom stereocenters. The van der Waals surface area contributed by atoms with Gasteiger partial charge in [-0.25, -0.2) is 19.4 Å². The third-order valence-electron chi connectivity index (χ3n) is 1.54. The lowest BCUT2D eigenvalue weighted by Gasteiger charge is -1.97. The number of rotatable bonds is 1. The molecule has 2 aromatic heterocycles. The number of nitrogens with one attached hydrogen (secondary N) is 1. The van der Waals surface area contributed by atoms with Crippen LogP contribution in [0.25, 0.3) is 5.69 Å². The van der Waals surface area contributed by atoms with Crippen LogP contribution >= 0.6 is 11.6 Å². The number of H-pyrrole nitrogens is 1. The first-order valence-electron chi connectivity index (χ1n) is 3.51. The molecule has 0 aliphatic heterocycles. The zero-order valence-corrected chi connectivity index (χ0v) is 7.19. The molecule has 6 heteroatoms. The Hall–Kier alpha value is -1.62. The van der Waals surface area contributed by atoms with Gasteiger partial charge in [0.05, 0.1) is 11.9 Å². The smallest absolute Gasteiger partial charge is 0.248 e. The average Bonchev–Trinajstić information content (AvgIpc) is 2.53. The van der Waals surface area contributed by atoms with Crippen molar-refractivity contribution in [3.63, 3.8) is 0 Å². The fourth-order valence-electron chi connectivity index (χ4n) is 0.943. The molecule has 0 saturated heterocycles. The summed E-state index contributed by atoms with van der Waals surface area (Å²) >= 11 is 5.59. The van der Waals surface area contributed by atoms with Crippen LogP contribution < -0.4 is 5.69 Å². The molecule has 0 unspecified atom stereocenters. The number of halogens is 1. The lowest BCUT2D eigenvalue weighted by atomic mass is 10.4. The van der Waals surface area contributed by atoms with Crippen molar-refractivity contribution in [2.24, 2.45) is 0 Å². The molecule has 1 N–H and O–H groups in total. The molecule has 2 aromatic rings. The normalized spacial score (nSPS) is 10.2. The number of hydrogen-bond donors (Lipinski definition) is 1. The monoisotopic (exact) mass is 196 g/mol. The maximum atomic E-state index is 11.1. The highest BCUT2D eigenvalue weighted by molar-refractivity contribution is 6.29. The van der Waals surface area contributed by atoms with Crippen molar-refractivity contribution >= 4 is 11.6 Å². The molecule has 2 heterocycles. The van der Waals surface area contributed by atoms with Crippen molar-refractivity contribution in [3.05, 3.63) is 40.3 Å². The van der Waals surface area contributed by atoms with Gasteiger partial charge >= 0.3 is 5.69 Å². The van der Waals surface area contributed by atoms with Crippen LogP contribution in [0.2, 0.25) is 5.15 Å². The Bertz CT molecular complexity index is 458. The summed E-state index contributed by atoms with van der Waals surface area (Å²) in [7, 11) is 0. The molecule has 0 amide bonds. The number of aromatic nitrogens is 4. The van der Waals surface area contributed by atoms with Gasteiger partial charge in [0.2, 0.25) is 0 Å². The van der Waals surface area contributed by atoms with Crippen molar-refractivity contribution in [1.82, 2.24) is 19.7 Å². The number of hydrogen-bond acceptors (Lipinski definition) is 3. The second-order valence-corrected chi connectivity index (χ2v) is 2.76. The minimum Gasteiger partial charge on any atom is -0.248 e. The molecule has 0 aliphatic carbocycles. The highest BCUT2D eigenvalue weighted by Crippen LogP contribution is 2.06. The molecule has 0 spiro atoms. The predicted octanol–water partition coefficient (Wildman–Crippen LogP) is 0.609. The number of aromatic amines is 1. The minimum atomic E-state index is -0.302. The first kappa shape index (κ1) is 8.00. The number of nitrogens with zero attached hydrogens (tertiary/aromatic N) is 3. The summed E-state index contributed by atoms with van der Waals surface area (Å²) in [5, 5.41) is 6.25. The lowest BCUT2D eigenvalue weighted by Crippen LogP contribution is -2.14. The summed E-state index contributed by atoms with van der Waals surface area (Å²) < 4.78 is 1.34. The fourth-order valence-corrected chi connectivity index (χ4v) is 1.05. The van der Waals surface area contributed by atoms with E-state index in [2.05, 4.69) is 15.2 Å². The van der Waals surface area contributed by atoms with Gasteiger partial charge in [-0.15, -0.1) is 0 Å². The summed E-state index contributed by atoms with van der Waals surface area (Å²) in [6, 6.07) is 3.29. The molecule has 66 valence electrons. The summed E-state index contributed by atoms with van der Waals surface area (Å²) in [4.78, 5) is 14.9. The quantitative estimate of drug-likeness (QED) is 0.680. The van der Waals surface area contributed by atoms with Gasteiger partial charge in [-0.1, -0.05) is 11.6 Å². The van der Waals surface area contributed by atoms with E-state index in [0.717, 1.165) is 0 Å². The number of pyridine rings is 1. The molecule has 0 radical (unpaired) electrons. The minimum absolute atomic E-state index is 0.302. The standard InChI is InChI=1S/C7H5ClN4O/c8-6-2-1-5(3-9-6)12-4-10-11-7(12)13/h1-4H,(H,11,13). The molecule has 0 saturated carbocycles. The van der Waals surface area contributed by atoms with Crippen LogP contribution in [0.4, 0.5) is 0 Å². The Morgan fingerprint density at radius 3 is 2.85 bits per heavy atom. The predicted molar refractivity (Wildman–Crippen MR) is 47.0 cm³/mol. The van der Waals surface area contributed by atoms with E-state index in [1.807, 2.05) is 0 Å². The van der Waals surface area contributed by atoms with Gasteiger partial charge in [0.15, 0.2) is 0 Å². The third-order valence-corrected chi connectivity index (χ3v) is 1.77. The van der Waals surface area contributed by atoms with Gasteiger partial charge in [0, 0.05) is 0 Å². The summed E-state index contributed by atoms with van der Waals surface area (Å²) in [5.74, 6) is 0. The molecule has 13 heavy (non-hydrogen) atoms. The van der Waals surface area contributed by atoms with Crippen LogP contribution in [-0.2, 0) is 0 Å². The Balaban J connectivity index is 2.54. The average molecular weight is 197 g/mol. The molecule has 0 aliphatic rings. The van der Waals surface area contributed by atoms with Crippen molar-refractivity contribution in [2.45, 2.75) is 0 Å². The van der Waals surface area contributed by atoms with Crippen LogP contribution in [-0.4, -0.2) is 19.7 Å². The third kappa shape index (κ3) is 1.46. The summed E-state index contributed by atoms with van der Waals surface area (Å²) in [6.07, 6.45) is 2.88. The van der Waals surface area contributed by atoms with Gasteiger partial charge in [0.25, 0.3) is 0 Å². The van der Waals surface area contributed by atoms with Crippen LogP contribution in [0.3, 0.4) is 0 Å².